The number of amides is 1. The summed E-state index contributed by atoms with van der Waals surface area (Å²) < 4.78 is 12.0. The Kier molecular flexibility index (Phi) is 4.21. The van der Waals surface area contributed by atoms with Crippen molar-refractivity contribution in [3.8, 4) is 11.5 Å². The van der Waals surface area contributed by atoms with Crippen molar-refractivity contribution in [1.29, 1.82) is 0 Å². The van der Waals surface area contributed by atoms with E-state index in [1.165, 1.54) is 5.56 Å². The largest absolute Gasteiger partial charge is 0.483 e. The predicted molar refractivity (Wildman–Crippen MR) is 109 cm³/mol. The molecule has 0 aromatic heterocycles. The zero-order chi connectivity index (χ0) is 20.1. The fraction of sp³-hybridized carbons (Fsp3) is 0.391. The van der Waals surface area contributed by atoms with Crippen LogP contribution in [-0.4, -0.2) is 29.4 Å². The SMILES string of the molecule is CC1(C)Cc2cc(OCC(N)=O)c3c(c2C(c2ccccc2)=N1)CC(C)(C)O3. The quantitative estimate of drug-likeness (QED) is 0.886. The molecule has 2 aliphatic rings. The topological polar surface area (TPSA) is 73.9 Å². The number of fused-ring (bicyclic) bond motifs is 3. The van der Waals surface area contributed by atoms with Gasteiger partial charge in [-0.1, -0.05) is 30.3 Å². The highest BCUT2D eigenvalue weighted by atomic mass is 16.5. The molecule has 0 atom stereocenters. The van der Waals surface area contributed by atoms with E-state index in [1.807, 2.05) is 24.3 Å². The summed E-state index contributed by atoms with van der Waals surface area (Å²) in [6, 6.07) is 12.3. The van der Waals surface area contributed by atoms with Gasteiger partial charge in [-0.15, -0.1) is 0 Å². The van der Waals surface area contributed by atoms with Gasteiger partial charge in [-0.3, -0.25) is 9.79 Å². The van der Waals surface area contributed by atoms with Crippen molar-refractivity contribution in [2.75, 3.05) is 6.61 Å². The first kappa shape index (κ1) is 18.5. The number of aliphatic imine (C=N–C) groups is 1. The minimum absolute atomic E-state index is 0.169. The number of hydrogen-bond donors (Lipinski definition) is 1. The first-order valence-corrected chi connectivity index (χ1v) is 9.60. The van der Waals surface area contributed by atoms with Crippen LogP contribution < -0.4 is 15.2 Å². The van der Waals surface area contributed by atoms with Crippen LogP contribution in [0, 0.1) is 0 Å². The first-order valence-electron chi connectivity index (χ1n) is 9.60. The molecule has 2 aromatic carbocycles. The van der Waals surface area contributed by atoms with Gasteiger partial charge in [-0.25, -0.2) is 0 Å². The van der Waals surface area contributed by atoms with E-state index in [0.717, 1.165) is 35.2 Å². The minimum atomic E-state index is -0.504. The molecule has 2 N–H and O–H groups in total. The average Bonchev–Trinajstić information content (AvgIpc) is 2.93. The second-order valence-electron chi connectivity index (χ2n) is 8.83. The maximum atomic E-state index is 11.3. The number of hydrogen-bond acceptors (Lipinski definition) is 4. The van der Waals surface area contributed by atoms with Crippen LogP contribution in [0.25, 0.3) is 0 Å². The van der Waals surface area contributed by atoms with E-state index in [0.29, 0.717) is 11.5 Å². The molecule has 5 nitrogen and oxygen atoms in total. The summed E-state index contributed by atoms with van der Waals surface area (Å²) in [6.45, 7) is 8.22. The molecule has 0 radical (unpaired) electrons. The van der Waals surface area contributed by atoms with E-state index < -0.39 is 5.91 Å². The van der Waals surface area contributed by atoms with Crippen LogP contribution in [0.2, 0.25) is 0 Å². The van der Waals surface area contributed by atoms with Gasteiger partial charge in [-0.2, -0.15) is 0 Å². The van der Waals surface area contributed by atoms with Crippen molar-refractivity contribution in [2.45, 2.75) is 51.7 Å². The van der Waals surface area contributed by atoms with E-state index in [9.17, 15) is 4.79 Å². The van der Waals surface area contributed by atoms with Crippen molar-refractivity contribution in [2.24, 2.45) is 10.7 Å². The van der Waals surface area contributed by atoms with E-state index >= 15 is 0 Å². The molecule has 2 aliphatic heterocycles. The fourth-order valence-corrected chi connectivity index (χ4v) is 4.13. The molecule has 0 saturated carbocycles. The normalized spacial score (nSPS) is 18.5. The van der Waals surface area contributed by atoms with Crippen LogP contribution in [0.4, 0.5) is 0 Å². The molecule has 2 aromatic rings. The Morgan fingerprint density at radius 1 is 1.18 bits per heavy atom. The van der Waals surface area contributed by atoms with E-state index in [-0.39, 0.29) is 17.7 Å². The molecule has 4 rings (SSSR count). The fourth-order valence-electron chi connectivity index (χ4n) is 4.13. The summed E-state index contributed by atoms with van der Waals surface area (Å²) in [6.07, 6.45) is 1.55. The lowest BCUT2D eigenvalue weighted by atomic mass is 9.81. The van der Waals surface area contributed by atoms with Crippen LogP contribution in [0.3, 0.4) is 0 Å². The zero-order valence-corrected chi connectivity index (χ0v) is 16.8. The summed E-state index contributed by atoms with van der Waals surface area (Å²) in [5.41, 5.74) is 10.2. The summed E-state index contributed by atoms with van der Waals surface area (Å²) in [5, 5.41) is 0. The monoisotopic (exact) mass is 378 g/mol. The minimum Gasteiger partial charge on any atom is -0.483 e. The number of rotatable bonds is 4. The van der Waals surface area contributed by atoms with Crippen molar-refractivity contribution in [1.82, 2.24) is 0 Å². The second-order valence-corrected chi connectivity index (χ2v) is 8.83. The Bertz CT molecular complexity index is 975. The van der Waals surface area contributed by atoms with Gasteiger partial charge in [0.05, 0.1) is 11.3 Å². The molecule has 0 saturated heterocycles. The highest BCUT2D eigenvalue weighted by molar-refractivity contribution is 6.16. The van der Waals surface area contributed by atoms with Gasteiger partial charge < -0.3 is 15.2 Å². The van der Waals surface area contributed by atoms with E-state index in [4.69, 9.17) is 20.2 Å². The van der Waals surface area contributed by atoms with Gasteiger partial charge in [0, 0.05) is 23.1 Å². The van der Waals surface area contributed by atoms with Gasteiger partial charge in [0.2, 0.25) is 0 Å². The highest BCUT2D eigenvalue weighted by Crippen LogP contribution is 2.47. The molecule has 5 heteroatoms. The maximum Gasteiger partial charge on any atom is 0.255 e. The Hall–Kier alpha value is -2.82. The number of benzene rings is 2. The molecule has 0 bridgehead atoms. The molecule has 146 valence electrons. The molecule has 2 heterocycles. The van der Waals surface area contributed by atoms with Gasteiger partial charge in [0.25, 0.3) is 5.91 Å². The zero-order valence-electron chi connectivity index (χ0n) is 16.8. The molecular formula is C23H26N2O3. The predicted octanol–water partition coefficient (Wildman–Crippen LogP) is 3.44. The average molecular weight is 378 g/mol. The van der Waals surface area contributed by atoms with Crippen LogP contribution in [0.5, 0.6) is 11.5 Å². The maximum absolute atomic E-state index is 11.3. The van der Waals surface area contributed by atoms with Crippen molar-refractivity contribution >= 4 is 11.6 Å². The van der Waals surface area contributed by atoms with Gasteiger partial charge in [-0.05, 0) is 45.7 Å². The Balaban J connectivity index is 1.93. The number of primary amides is 1. The van der Waals surface area contributed by atoms with Gasteiger partial charge in [0.1, 0.15) is 5.60 Å². The lowest BCUT2D eigenvalue weighted by Crippen LogP contribution is -2.30. The van der Waals surface area contributed by atoms with Crippen LogP contribution >= 0.6 is 0 Å². The highest BCUT2D eigenvalue weighted by Gasteiger charge is 2.39. The molecule has 0 unspecified atom stereocenters. The number of nitrogens with two attached hydrogens (primary N) is 1. The molecule has 28 heavy (non-hydrogen) atoms. The molecule has 1 amide bonds. The lowest BCUT2D eigenvalue weighted by Gasteiger charge is -2.31. The van der Waals surface area contributed by atoms with E-state index in [1.54, 1.807) is 0 Å². The Morgan fingerprint density at radius 3 is 2.57 bits per heavy atom. The summed E-state index contributed by atoms with van der Waals surface area (Å²) in [4.78, 5) is 16.4. The summed E-state index contributed by atoms with van der Waals surface area (Å²) in [7, 11) is 0. The standard InChI is InChI=1S/C23H26N2O3/c1-22(2)11-15-10-17(27-13-18(24)26)21-16(12-23(3,4)28-21)19(15)20(25-22)14-8-6-5-7-9-14/h5-10H,11-13H2,1-4H3,(H2,24,26). The van der Waals surface area contributed by atoms with Gasteiger partial charge in [0.15, 0.2) is 18.1 Å². The molecule has 0 fully saturated rings. The Labute approximate surface area is 165 Å². The summed E-state index contributed by atoms with van der Waals surface area (Å²) in [5.74, 6) is 0.784. The first-order chi connectivity index (χ1) is 13.2. The number of carbonyl (C=O) groups is 1. The third-order valence-electron chi connectivity index (χ3n) is 5.10. The number of carbonyl (C=O) groups excluding carboxylic acids is 1. The van der Waals surface area contributed by atoms with Crippen molar-refractivity contribution < 1.29 is 14.3 Å². The van der Waals surface area contributed by atoms with Crippen molar-refractivity contribution in [3.05, 3.63) is 58.7 Å². The third-order valence-corrected chi connectivity index (χ3v) is 5.10. The lowest BCUT2D eigenvalue weighted by molar-refractivity contribution is -0.119. The Morgan fingerprint density at radius 2 is 1.89 bits per heavy atom. The van der Waals surface area contributed by atoms with Crippen LogP contribution in [-0.2, 0) is 17.6 Å². The second kappa shape index (κ2) is 6.36. The number of ether oxygens (including phenoxy) is 2. The molecule has 0 spiro atoms. The van der Waals surface area contributed by atoms with Gasteiger partial charge >= 0.3 is 0 Å². The van der Waals surface area contributed by atoms with Crippen LogP contribution in [0.1, 0.15) is 49.9 Å². The molecule has 0 aliphatic carbocycles. The summed E-state index contributed by atoms with van der Waals surface area (Å²) >= 11 is 0. The third kappa shape index (κ3) is 3.37. The van der Waals surface area contributed by atoms with Crippen molar-refractivity contribution in [3.63, 3.8) is 0 Å². The van der Waals surface area contributed by atoms with E-state index in [2.05, 4.69) is 39.8 Å². The van der Waals surface area contributed by atoms with Crippen LogP contribution in [0.15, 0.2) is 41.4 Å². The molecular weight excluding hydrogens is 352 g/mol. The number of nitrogens with zero attached hydrogens (tertiary/aromatic N) is 1. The smallest absolute Gasteiger partial charge is 0.255 e.